The molecule has 0 radical (unpaired) electrons. The Morgan fingerprint density at radius 1 is 1.12 bits per heavy atom. The number of halogens is 7. The minimum atomic E-state index is -5.08. The summed E-state index contributed by atoms with van der Waals surface area (Å²) in [6, 6.07) is 6.12. The zero-order valence-corrected chi connectivity index (χ0v) is 17.1. The van der Waals surface area contributed by atoms with Crippen LogP contribution in [-0.2, 0) is 9.59 Å². The number of nitrogens with two attached hydrogens (primary N) is 2. The zero-order valence-electron chi connectivity index (χ0n) is 16.2. The van der Waals surface area contributed by atoms with Crippen molar-refractivity contribution in [3.63, 3.8) is 0 Å². The first kappa shape index (κ1) is 28.4. The molecule has 0 fully saturated rings. The molecule has 17 heteroatoms. The fourth-order valence-electron chi connectivity index (χ4n) is 2.30. The normalized spacial score (nSPS) is 18.9. The lowest BCUT2D eigenvalue weighted by Gasteiger charge is -2.34. The van der Waals surface area contributed by atoms with Crippen molar-refractivity contribution in [3.8, 4) is 11.8 Å². The molecule has 0 aliphatic carbocycles. The first-order valence-corrected chi connectivity index (χ1v) is 8.85. The van der Waals surface area contributed by atoms with Gasteiger partial charge in [-0.15, -0.1) is 0 Å². The Balaban J connectivity index is 0.000000343. The van der Waals surface area contributed by atoms with Crippen LogP contribution in [0.4, 0.5) is 30.7 Å². The fourth-order valence-corrected chi connectivity index (χ4v) is 2.76. The fraction of sp³-hybridized carbons (Fsp3) is 0.235. The summed E-state index contributed by atoms with van der Waals surface area (Å²) in [6.45, 7) is 0. The van der Waals surface area contributed by atoms with E-state index < -0.39 is 35.7 Å². The number of rotatable bonds is 0. The number of thiol groups is 1. The van der Waals surface area contributed by atoms with Crippen LogP contribution in [0.5, 0.6) is 5.75 Å². The number of nitrogens with one attached hydrogen (secondary N) is 1. The van der Waals surface area contributed by atoms with Crippen molar-refractivity contribution in [2.45, 2.75) is 23.8 Å². The molecule has 1 aromatic rings. The van der Waals surface area contributed by atoms with E-state index in [2.05, 4.69) is 17.9 Å². The molecule has 0 bridgehead atoms. The molecule has 34 heavy (non-hydrogen) atoms. The van der Waals surface area contributed by atoms with Crippen molar-refractivity contribution in [2.75, 3.05) is 0 Å². The summed E-state index contributed by atoms with van der Waals surface area (Å²) in [6.07, 6.45) is -10.9. The van der Waals surface area contributed by atoms with E-state index >= 15 is 0 Å². The monoisotopic (exact) mass is 518 g/mol. The number of alkyl halides is 6. The predicted molar refractivity (Wildman–Crippen MR) is 101 cm³/mol. The summed E-state index contributed by atoms with van der Waals surface area (Å²) < 4.78 is 82.5. The number of nitriles is 1. The Kier molecular flexibility index (Phi) is 8.78. The van der Waals surface area contributed by atoms with Crippen molar-refractivity contribution in [3.05, 3.63) is 52.3 Å². The van der Waals surface area contributed by atoms with E-state index in [-0.39, 0.29) is 17.1 Å². The molecule has 1 aromatic carbocycles. The highest BCUT2D eigenvalue weighted by Gasteiger charge is 2.39. The number of nitrogens with zero attached hydrogens (tertiary/aromatic N) is 1. The van der Waals surface area contributed by atoms with Gasteiger partial charge in [0.15, 0.2) is 0 Å². The second-order valence-electron chi connectivity index (χ2n) is 6.10. The van der Waals surface area contributed by atoms with E-state index in [1.54, 1.807) is 0 Å². The van der Waals surface area contributed by atoms with Crippen LogP contribution in [0.25, 0.3) is 0 Å². The molecule has 2 aliphatic rings. The summed E-state index contributed by atoms with van der Waals surface area (Å²) in [5, 5.41) is 25.7. The molecule has 0 aromatic heterocycles. The molecule has 2 aliphatic heterocycles. The highest BCUT2D eigenvalue weighted by molar-refractivity contribution is 7.80. The third-order valence-corrected chi connectivity index (χ3v) is 4.32. The number of hydrogen-bond donors (Lipinski definition) is 6. The zero-order chi connectivity index (χ0) is 26.6. The highest BCUT2D eigenvalue weighted by atomic mass is 32.1. The van der Waals surface area contributed by atoms with Gasteiger partial charge in [0.2, 0.25) is 5.88 Å². The van der Waals surface area contributed by atoms with Gasteiger partial charge in [-0.3, -0.25) is 0 Å². The lowest BCUT2D eigenvalue weighted by Crippen LogP contribution is -2.46. The molecule has 2 unspecified atom stereocenters. The number of carboxylic acid groups (broad SMARTS) is 2. The van der Waals surface area contributed by atoms with E-state index in [0.717, 1.165) is 0 Å². The average Bonchev–Trinajstić information content (AvgIpc) is 2.68. The van der Waals surface area contributed by atoms with Gasteiger partial charge in [-0.25, -0.2) is 14.0 Å². The maximum Gasteiger partial charge on any atom is 0.490 e. The summed E-state index contributed by atoms with van der Waals surface area (Å²) >= 11 is 4.47. The van der Waals surface area contributed by atoms with Gasteiger partial charge in [-0.2, -0.15) is 44.2 Å². The van der Waals surface area contributed by atoms with Crippen molar-refractivity contribution in [1.82, 2.24) is 5.32 Å². The van der Waals surface area contributed by atoms with Gasteiger partial charge in [-0.05, 0) is 18.2 Å². The molecular formula is C17H13F7N4O5S. The second kappa shape index (κ2) is 10.5. The van der Waals surface area contributed by atoms with Crippen LogP contribution in [0.3, 0.4) is 0 Å². The number of dihydropyridines is 1. The number of aliphatic carboxylic acids is 2. The third-order valence-electron chi connectivity index (χ3n) is 3.78. The van der Waals surface area contributed by atoms with Gasteiger partial charge in [0.25, 0.3) is 0 Å². The number of ether oxygens (including phenoxy) is 1. The van der Waals surface area contributed by atoms with Gasteiger partial charge in [0.1, 0.15) is 23.8 Å². The first-order chi connectivity index (χ1) is 15.4. The van der Waals surface area contributed by atoms with E-state index in [4.69, 9.17) is 41.3 Å². The van der Waals surface area contributed by atoms with Gasteiger partial charge >= 0.3 is 24.3 Å². The van der Waals surface area contributed by atoms with Crippen LogP contribution in [0.2, 0.25) is 0 Å². The minimum absolute atomic E-state index is 0.214. The van der Waals surface area contributed by atoms with Crippen LogP contribution in [0, 0.1) is 17.1 Å². The number of hydrogen-bond acceptors (Lipinski definition) is 8. The van der Waals surface area contributed by atoms with Gasteiger partial charge in [0, 0.05) is 5.56 Å². The van der Waals surface area contributed by atoms with Crippen molar-refractivity contribution >= 4 is 24.6 Å². The van der Waals surface area contributed by atoms with Crippen LogP contribution >= 0.6 is 12.6 Å². The van der Waals surface area contributed by atoms with E-state index in [1.165, 1.54) is 18.2 Å². The van der Waals surface area contributed by atoms with Crippen LogP contribution < -0.4 is 21.5 Å². The SMILES string of the molecule is N#CC1=C(N)C2=C(NC1N)Oc1ccc(F)cc1C2S.O=C(O)C(F)(F)F.O=C(O)C(F)(F)F. The van der Waals surface area contributed by atoms with Crippen molar-refractivity contribution < 1.29 is 55.3 Å². The Labute approximate surface area is 190 Å². The number of allylic oxidation sites excluding steroid dienone is 1. The third kappa shape index (κ3) is 6.92. The maximum atomic E-state index is 13.4. The highest BCUT2D eigenvalue weighted by Crippen LogP contribution is 2.44. The Hall–Kier alpha value is -3.65. The minimum Gasteiger partial charge on any atom is -0.475 e. The summed E-state index contributed by atoms with van der Waals surface area (Å²) in [5.74, 6) is -5.06. The standard InChI is InChI=1S/C13H11FN4OS.2C2HF3O2/c14-5-1-2-8-6(3-5)11(20)9-10(16)7(4-15)12(17)18-13(9)19-8;2*3-2(4,5)1(6)7/h1-3,11-12,18,20H,16-17H2;2*(H,6,7). The van der Waals surface area contributed by atoms with E-state index in [1.807, 2.05) is 6.07 Å². The first-order valence-electron chi connectivity index (χ1n) is 8.33. The van der Waals surface area contributed by atoms with Gasteiger partial charge < -0.3 is 31.7 Å². The van der Waals surface area contributed by atoms with Gasteiger partial charge in [0.05, 0.1) is 22.1 Å². The molecule has 3 rings (SSSR count). The lowest BCUT2D eigenvalue weighted by atomic mass is 9.93. The molecule has 2 atom stereocenters. The number of carbonyl (C=O) groups is 2. The van der Waals surface area contributed by atoms with Crippen LogP contribution in [0.15, 0.2) is 40.9 Å². The summed E-state index contributed by atoms with van der Waals surface area (Å²) in [7, 11) is 0. The average molecular weight is 518 g/mol. The number of fused-ring (bicyclic) bond motifs is 1. The Bertz CT molecular complexity index is 1060. The topological polar surface area (TPSA) is 172 Å². The molecule has 7 N–H and O–H groups in total. The smallest absolute Gasteiger partial charge is 0.475 e. The quantitative estimate of drug-likeness (QED) is 0.223. The molecule has 0 saturated heterocycles. The van der Waals surface area contributed by atoms with Crippen molar-refractivity contribution in [1.29, 1.82) is 5.26 Å². The van der Waals surface area contributed by atoms with Crippen molar-refractivity contribution in [2.24, 2.45) is 11.5 Å². The molecule has 186 valence electrons. The van der Waals surface area contributed by atoms with Crippen LogP contribution in [0.1, 0.15) is 10.8 Å². The molecule has 9 nitrogen and oxygen atoms in total. The van der Waals surface area contributed by atoms with Crippen LogP contribution in [-0.4, -0.2) is 40.7 Å². The summed E-state index contributed by atoms with van der Waals surface area (Å²) in [5.41, 5.74) is 13.3. The van der Waals surface area contributed by atoms with Gasteiger partial charge in [-0.1, -0.05) is 0 Å². The molecule has 0 saturated carbocycles. The molecule has 0 spiro atoms. The second-order valence-corrected chi connectivity index (χ2v) is 6.61. The molecule has 0 amide bonds. The largest absolute Gasteiger partial charge is 0.490 e. The van der Waals surface area contributed by atoms with E-state index in [9.17, 15) is 30.7 Å². The van der Waals surface area contributed by atoms with E-state index in [0.29, 0.717) is 22.8 Å². The Morgan fingerprint density at radius 3 is 2.00 bits per heavy atom. The lowest BCUT2D eigenvalue weighted by molar-refractivity contribution is -0.193. The molecular weight excluding hydrogens is 505 g/mol. The predicted octanol–water partition coefficient (Wildman–Crippen LogP) is 2.29. The maximum absolute atomic E-state index is 13.4. The molecule has 2 heterocycles. The Morgan fingerprint density at radius 2 is 1.59 bits per heavy atom. The number of carboxylic acids is 2. The number of benzene rings is 1. The summed E-state index contributed by atoms with van der Waals surface area (Å²) in [4.78, 5) is 17.8.